The minimum Gasteiger partial charge on any atom is -0.356 e. The van der Waals surface area contributed by atoms with Gasteiger partial charge in [-0.1, -0.05) is 0 Å². The summed E-state index contributed by atoms with van der Waals surface area (Å²) in [4.78, 5) is 25.2. The molecule has 0 aromatic carbocycles. The first kappa shape index (κ1) is 15.0. The van der Waals surface area contributed by atoms with Gasteiger partial charge in [0.1, 0.15) is 0 Å². The number of amides is 2. The molecule has 1 rings (SSSR count). The third-order valence-corrected chi connectivity index (χ3v) is 2.99. The minimum atomic E-state index is -0.499. The number of nitrogens with one attached hydrogen (secondary N) is 1. The molecular formula is C13H25N3O2. The van der Waals surface area contributed by atoms with Crippen LogP contribution < -0.4 is 11.1 Å². The topological polar surface area (TPSA) is 75.4 Å². The maximum atomic E-state index is 11.8. The van der Waals surface area contributed by atoms with E-state index in [4.69, 9.17) is 5.73 Å². The molecule has 2 amide bonds. The zero-order chi connectivity index (χ0) is 13.6. The van der Waals surface area contributed by atoms with Gasteiger partial charge < -0.3 is 16.0 Å². The van der Waals surface area contributed by atoms with Crippen molar-refractivity contribution in [2.24, 2.45) is 5.73 Å². The lowest BCUT2D eigenvalue weighted by Gasteiger charge is -2.26. The maximum Gasteiger partial charge on any atom is 0.224 e. The number of carbonyl (C=O) groups excluding carboxylic acids is 2. The summed E-state index contributed by atoms with van der Waals surface area (Å²) >= 11 is 0. The highest BCUT2D eigenvalue weighted by atomic mass is 16.2. The smallest absolute Gasteiger partial charge is 0.224 e. The quantitative estimate of drug-likeness (QED) is 0.756. The Hall–Kier alpha value is -1.10. The highest BCUT2D eigenvalue weighted by Crippen LogP contribution is 2.09. The summed E-state index contributed by atoms with van der Waals surface area (Å²) in [7, 11) is 0. The normalized spacial score (nSPS) is 16.5. The van der Waals surface area contributed by atoms with E-state index >= 15 is 0 Å². The van der Waals surface area contributed by atoms with Crippen molar-refractivity contribution in [3.05, 3.63) is 0 Å². The van der Waals surface area contributed by atoms with E-state index in [9.17, 15) is 9.59 Å². The van der Waals surface area contributed by atoms with Gasteiger partial charge >= 0.3 is 0 Å². The van der Waals surface area contributed by atoms with E-state index in [-0.39, 0.29) is 18.2 Å². The Morgan fingerprint density at radius 1 is 1.22 bits per heavy atom. The van der Waals surface area contributed by atoms with E-state index in [1.807, 2.05) is 18.7 Å². The zero-order valence-corrected chi connectivity index (χ0v) is 11.5. The summed E-state index contributed by atoms with van der Waals surface area (Å²) in [6.45, 7) is 5.76. The molecule has 3 N–H and O–H groups in total. The van der Waals surface area contributed by atoms with Crippen LogP contribution in [0.5, 0.6) is 0 Å². The molecule has 5 heteroatoms. The average Bonchev–Trinajstić information content (AvgIpc) is 2.27. The molecule has 1 aliphatic rings. The highest BCUT2D eigenvalue weighted by Gasteiger charge is 2.18. The van der Waals surface area contributed by atoms with E-state index < -0.39 is 5.54 Å². The lowest BCUT2D eigenvalue weighted by atomic mass is 10.0. The predicted molar refractivity (Wildman–Crippen MR) is 70.9 cm³/mol. The molecule has 0 spiro atoms. The molecule has 0 bridgehead atoms. The molecule has 0 aliphatic carbocycles. The second kappa shape index (κ2) is 6.73. The Balaban J connectivity index is 2.17. The molecule has 0 atom stereocenters. The lowest BCUT2D eigenvalue weighted by Crippen LogP contribution is -2.41. The van der Waals surface area contributed by atoms with Crippen LogP contribution in [0.3, 0.4) is 0 Å². The lowest BCUT2D eigenvalue weighted by molar-refractivity contribution is -0.132. The van der Waals surface area contributed by atoms with Gasteiger partial charge in [-0.15, -0.1) is 0 Å². The Morgan fingerprint density at radius 3 is 2.39 bits per heavy atom. The number of hydrogen-bond donors (Lipinski definition) is 2. The number of likely N-dealkylation sites (tertiary alicyclic amines) is 1. The summed E-state index contributed by atoms with van der Waals surface area (Å²) in [6.07, 6.45) is 4.08. The number of nitrogens with zero attached hydrogens (tertiary/aromatic N) is 1. The van der Waals surface area contributed by atoms with E-state index in [0.29, 0.717) is 13.0 Å². The van der Waals surface area contributed by atoms with Crippen LogP contribution in [-0.2, 0) is 9.59 Å². The second-order valence-corrected chi connectivity index (χ2v) is 5.71. The predicted octanol–water partition coefficient (Wildman–Crippen LogP) is 0.633. The van der Waals surface area contributed by atoms with E-state index in [0.717, 1.165) is 25.9 Å². The van der Waals surface area contributed by atoms with E-state index in [1.54, 1.807) is 0 Å². The van der Waals surface area contributed by atoms with Crippen LogP contribution in [0.4, 0.5) is 0 Å². The molecule has 0 unspecified atom stereocenters. The summed E-state index contributed by atoms with van der Waals surface area (Å²) in [6, 6.07) is 0. The number of carbonyl (C=O) groups is 2. The molecule has 1 aliphatic heterocycles. The zero-order valence-electron chi connectivity index (χ0n) is 11.5. The third kappa shape index (κ3) is 6.00. The van der Waals surface area contributed by atoms with Gasteiger partial charge in [0, 0.05) is 38.0 Å². The van der Waals surface area contributed by atoms with Crippen molar-refractivity contribution in [3.8, 4) is 0 Å². The highest BCUT2D eigenvalue weighted by molar-refractivity contribution is 5.79. The van der Waals surface area contributed by atoms with Crippen LogP contribution in [-0.4, -0.2) is 41.9 Å². The fraction of sp³-hybridized carbons (Fsp3) is 0.846. The van der Waals surface area contributed by atoms with Crippen LogP contribution in [0.15, 0.2) is 0 Å². The monoisotopic (exact) mass is 255 g/mol. The van der Waals surface area contributed by atoms with Crippen molar-refractivity contribution in [1.29, 1.82) is 0 Å². The van der Waals surface area contributed by atoms with Gasteiger partial charge in [-0.05, 0) is 33.1 Å². The molecular weight excluding hydrogens is 230 g/mol. The van der Waals surface area contributed by atoms with Crippen LogP contribution in [0, 0.1) is 0 Å². The number of hydrogen-bond acceptors (Lipinski definition) is 3. The standard InChI is InChI=1S/C13H25N3O2/c1-13(2,14)10-11(17)15-7-6-12(18)16-8-4-3-5-9-16/h3-10,14H2,1-2H3,(H,15,17). The van der Waals surface area contributed by atoms with Gasteiger partial charge in [-0.25, -0.2) is 0 Å². The molecule has 18 heavy (non-hydrogen) atoms. The van der Waals surface area contributed by atoms with Crippen LogP contribution in [0.1, 0.15) is 46.0 Å². The van der Waals surface area contributed by atoms with Crippen molar-refractivity contribution in [2.75, 3.05) is 19.6 Å². The number of piperidine rings is 1. The van der Waals surface area contributed by atoms with Gasteiger partial charge in [0.05, 0.1) is 0 Å². The summed E-state index contributed by atoms with van der Waals surface area (Å²) < 4.78 is 0. The van der Waals surface area contributed by atoms with Crippen LogP contribution in [0.2, 0.25) is 0 Å². The summed E-state index contributed by atoms with van der Waals surface area (Å²) in [5, 5.41) is 2.74. The van der Waals surface area contributed by atoms with Crippen LogP contribution >= 0.6 is 0 Å². The molecule has 104 valence electrons. The average molecular weight is 255 g/mol. The van der Waals surface area contributed by atoms with Crippen LogP contribution in [0.25, 0.3) is 0 Å². The largest absolute Gasteiger partial charge is 0.356 e. The van der Waals surface area contributed by atoms with E-state index in [1.165, 1.54) is 6.42 Å². The molecule has 0 radical (unpaired) electrons. The third-order valence-electron chi connectivity index (χ3n) is 2.99. The maximum absolute atomic E-state index is 11.8. The molecule has 0 aromatic heterocycles. The minimum absolute atomic E-state index is 0.0889. The number of nitrogens with two attached hydrogens (primary N) is 1. The molecule has 1 saturated heterocycles. The van der Waals surface area contributed by atoms with Gasteiger partial charge in [-0.3, -0.25) is 9.59 Å². The van der Waals surface area contributed by atoms with Crippen molar-refractivity contribution in [2.45, 2.75) is 51.5 Å². The first-order valence-electron chi connectivity index (χ1n) is 6.72. The summed E-state index contributed by atoms with van der Waals surface area (Å²) in [5.41, 5.74) is 5.25. The SMILES string of the molecule is CC(C)(N)CC(=O)NCCC(=O)N1CCCCC1. The first-order chi connectivity index (χ1) is 8.38. The van der Waals surface area contributed by atoms with E-state index in [2.05, 4.69) is 5.32 Å². The Kier molecular flexibility index (Phi) is 5.59. The molecule has 1 heterocycles. The fourth-order valence-corrected chi connectivity index (χ4v) is 2.09. The Labute approximate surface area is 109 Å². The van der Waals surface area contributed by atoms with Gasteiger partial charge in [0.15, 0.2) is 0 Å². The molecule has 0 saturated carbocycles. The van der Waals surface area contributed by atoms with Gasteiger partial charge in [-0.2, -0.15) is 0 Å². The number of rotatable bonds is 5. The van der Waals surface area contributed by atoms with Crippen molar-refractivity contribution < 1.29 is 9.59 Å². The van der Waals surface area contributed by atoms with Crippen molar-refractivity contribution >= 4 is 11.8 Å². The Morgan fingerprint density at radius 2 is 1.83 bits per heavy atom. The van der Waals surface area contributed by atoms with Crippen molar-refractivity contribution in [3.63, 3.8) is 0 Å². The fourth-order valence-electron chi connectivity index (χ4n) is 2.09. The van der Waals surface area contributed by atoms with Gasteiger partial charge in [0.2, 0.25) is 11.8 Å². The first-order valence-corrected chi connectivity index (χ1v) is 6.72. The molecule has 5 nitrogen and oxygen atoms in total. The Bertz CT molecular complexity index is 291. The van der Waals surface area contributed by atoms with Gasteiger partial charge in [0.25, 0.3) is 0 Å². The molecule has 1 fully saturated rings. The summed E-state index contributed by atoms with van der Waals surface area (Å²) in [5.74, 6) is 0.0518. The second-order valence-electron chi connectivity index (χ2n) is 5.71. The molecule has 0 aromatic rings. The van der Waals surface area contributed by atoms with Crippen molar-refractivity contribution in [1.82, 2.24) is 10.2 Å².